The molecule has 0 saturated heterocycles. The Balaban J connectivity index is 2.58. The SMILES string of the molecule is CNCC(C=O)OC(=O)c1ccccc1. The van der Waals surface area contributed by atoms with Gasteiger partial charge in [0, 0.05) is 6.54 Å². The molecule has 80 valence electrons. The van der Waals surface area contributed by atoms with Crippen LogP contribution in [0.2, 0.25) is 0 Å². The Bertz CT molecular complexity index is 324. The Morgan fingerprint density at radius 3 is 2.67 bits per heavy atom. The highest BCUT2D eigenvalue weighted by Gasteiger charge is 2.13. The minimum atomic E-state index is -0.734. The molecule has 0 amide bonds. The van der Waals surface area contributed by atoms with E-state index in [0.717, 1.165) is 0 Å². The van der Waals surface area contributed by atoms with Crippen LogP contribution in [0, 0.1) is 0 Å². The summed E-state index contributed by atoms with van der Waals surface area (Å²) in [6.45, 7) is 0.322. The van der Waals surface area contributed by atoms with Gasteiger partial charge in [-0.2, -0.15) is 0 Å². The summed E-state index contributed by atoms with van der Waals surface area (Å²) in [5.74, 6) is -0.483. The molecule has 15 heavy (non-hydrogen) atoms. The van der Waals surface area contributed by atoms with Gasteiger partial charge < -0.3 is 10.1 Å². The second kappa shape index (κ2) is 5.93. The summed E-state index contributed by atoms with van der Waals surface area (Å²) in [5.41, 5.74) is 0.445. The van der Waals surface area contributed by atoms with Gasteiger partial charge in [-0.25, -0.2) is 4.79 Å². The van der Waals surface area contributed by atoms with E-state index in [9.17, 15) is 9.59 Å². The third-order valence-corrected chi connectivity index (χ3v) is 1.82. The lowest BCUT2D eigenvalue weighted by molar-refractivity contribution is -0.115. The first-order chi connectivity index (χ1) is 7.27. The highest BCUT2D eigenvalue weighted by Crippen LogP contribution is 2.02. The molecule has 4 nitrogen and oxygen atoms in total. The highest BCUT2D eigenvalue weighted by atomic mass is 16.5. The van der Waals surface area contributed by atoms with Crippen molar-refractivity contribution in [3.63, 3.8) is 0 Å². The summed E-state index contributed by atoms with van der Waals surface area (Å²) < 4.78 is 4.96. The number of hydrogen-bond donors (Lipinski definition) is 1. The van der Waals surface area contributed by atoms with E-state index in [1.807, 2.05) is 6.07 Å². The van der Waals surface area contributed by atoms with Crippen LogP contribution in [0.4, 0.5) is 0 Å². The first-order valence-electron chi connectivity index (χ1n) is 4.64. The molecular weight excluding hydrogens is 194 g/mol. The summed E-state index contributed by atoms with van der Waals surface area (Å²) in [4.78, 5) is 22.0. The van der Waals surface area contributed by atoms with Gasteiger partial charge in [-0.3, -0.25) is 4.79 Å². The number of benzene rings is 1. The minimum Gasteiger partial charge on any atom is -0.450 e. The van der Waals surface area contributed by atoms with Crippen LogP contribution in [0.15, 0.2) is 30.3 Å². The maximum Gasteiger partial charge on any atom is 0.338 e. The molecule has 0 bridgehead atoms. The van der Waals surface area contributed by atoms with Gasteiger partial charge in [0.2, 0.25) is 0 Å². The monoisotopic (exact) mass is 207 g/mol. The number of aldehydes is 1. The second-order valence-electron chi connectivity index (χ2n) is 3.00. The molecule has 0 heterocycles. The smallest absolute Gasteiger partial charge is 0.338 e. The van der Waals surface area contributed by atoms with Crippen molar-refractivity contribution in [2.45, 2.75) is 6.10 Å². The highest BCUT2D eigenvalue weighted by molar-refractivity contribution is 5.90. The quantitative estimate of drug-likeness (QED) is 0.568. The molecule has 1 unspecified atom stereocenters. The number of ether oxygens (including phenoxy) is 1. The Morgan fingerprint density at radius 1 is 1.47 bits per heavy atom. The Hall–Kier alpha value is -1.68. The fourth-order valence-corrected chi connectivity index (χ4v) is 1.10. The fraction of sp³-hybridized carbons (Fsp3) is 0.273. The number of esters is 1. The molecule has 4 heteroatoms. The third kappa shape index (κ3) is 3.52. The van der Waals surface area contributed by atoms with E-state index in [1.54, 1.807) is 31.3 Å². The van der Waals surface area contributed by atoms with Crippen molar-refractivity contribution in [3.8, 4) is 0 Å². The van der Waals surface area contributed by atoms with E-state index in [2.05, 4.69) is 5.32 Å². The van der Waals surface area contributed by atoms with Crippen molar-refractivity contribution < 1.29 is 14.3 Å². The predicted molar refractivity (Wildman–Crippen MR) is 55.6 cm³/mol. The average molecular weight is 207 g/mol. The number of likely N-dealkylation sites (N-methyl/N-ethyl adjacent to an activating group) is 1. The average Bonchev–Trinajstić information content (AvgIpc) is 2.29. The van der Waals surface area contributed by atoms with Gasteiger partial charge in [0.15, 0.2) is 12.4 Å². The van der Waals surface area contributed by atoms with Crippen LogP contribution < -0.4 is 5.32 Å². The Morgan fingerprint density at radius 2 is 2.13 bits per heavy atom. The lowest BCUT2D eigenvalue weighted by Crippen LogP contribution is -2.30. The lowest BCUT2D eigenvalue weighted by atomic mass is 10.2. The molecule has 0 aromatic heterocycles. The lowest BCUT2D eigenvalue weighted by Gasteiger charge is -2.11. The number of hydrogen-bond acceptors (Lipinski definition) is 4. The Labute approximate surface area is 88.2 Å². The standard InChI is InChI=1S/C11H13NO3/c1-12-7-10(8-13)15-11(14)9-5-3-2-4-6-9/h2-6,8,10,12H,7H2,1H3. The maximum absolute atomic E-state index is 11.5. The van der Waals surface area contributed by atoms with E-state index >= 15 is 0 Å². The van der Waals surface area contributed by atoms with Gasteiger partial charge in [0.05, 0.1) is 5.56 Å². The maximum atomic E-state index is 11.5. The van der Waals surface area contributed by atoms with Gasteiger partial charge in [0.1, 0.15) is 0 Å². The van der Waals surface area contributed by atoms with Gasteiger partial charge in [0.25, 0.3) is 0 Å². The summed E-state index contributed by atoms with van der Waals surface area (Å²) in [7, 11) is 1.69. The van der Waals surface area contributed by atoms with Crippen LogP contribution in [0.3, 0.4) is 0 Å². The molecule has 0 radical (unpaired) electrons. The van der Waals surface area contributed by atoms with Gasteiger partial charge in [-0.1, -0.05) is 18.2 Å². The van der Waals surface area contributed by atoms with Crippen molar-refractivity contribution >= 4 is 12.3 Å². The molecule has 1 atom stereocenters. The predicted octanol–water partition coefficient (Wildman–Crippen LogP) is 0.630. The molecule has 1 aromatic rings. The van der Waals surface area contributed by atoms with E-state index in [4.69, 9.17) is 4.74 Å². The summed E-state index contributed by atoms with van der Waals surface area (Å²) in [6.07, 6.45) is -0.125. The Kier molecular flexibility index (Phi) is 4.50. The topological polar surface area (TPSA) is 55.4 Å². The van der Waals surface area contributed by atoms with Crippen LogP contribution in [0.1, 0.15) is 10.4 Å². The van der Waals surface area contributed by atoms with E-state index < -0.39 is 12.1 Å². The largest absolute Gasteiger partial charge is 0.450 e. The van der Waals surface area contributed by atoms with E-state index in [1.165, 1.54) is 0 Å². The minimum absolute atomic E-state index is 0.322. The summed E-state index contributed by atoms with van der Waals surface area (Å²) in [6, 6.07) is 8.57. The number of rotatable bonds is 5. The summed E-state index contributed by atoms with van der Waals surface area (Å²) in [5, 5.41) is 2.77. The van der Waals surface area contributed by atoms with Crippen LogP contribution in [0.5, 0.6) is 0 Å². The molecule has 0 saturated carbocycles. The van der Waals surface area contributed by atoms with Crippen molar-refractivity contribution in [2.75, 3.05) is 13.6 Å². The van der Waals surface area contributed by atoms with Gasteiger partial charge >= 0.3 is 5.97 Å². The van der Waals surface area contributed by atoms with Crippen LogP contribution in [0.25, 0.3) is 0 Å². The molecular formula is C11H13NO3. The fourth-order valence-electron chi connectivity index (χ4n) is 1.10. The molecule has 0 fully saturated rings. The normalized spacial score (nSPS) is 11.8. The zero-order valence-electron chi connectivity index (χ0n) is 8.47. The van der Waals surface area contributed by atoms with Crippen molar-refractivity contribution in [1.82, 2.24) is 5.32 Å². The first-order valence-corrected chi connectivity index (χ1v) is 4.64. The number of nitrogens with one attached hydrogen (secondary N) is 1. The molecule has 0 aliphatic heterocycles. The van der Waals surface area contributed by atoms with Gasteiger partial charge in [-0.05, 0) is 19.2 Å². The van der Waals surface area contributed by atoms with Gasteiger partial charge in [-0.15, -0.1) is 0 Å². The molecule has 0 aliphatic rings. The number of carbonyl (C=O) groups is 2. The van der Waals surface area contributed by atoms with Crippen molar-refractivity contribution in [3.05, 3.63) is 35.9 Å². The zero-order valence-corrected chi connectivity index (χ0v) is 8.47. The van der Waals surface area contributed by atoms with Crippen molar-refractivity contribution in [2.24, 2.45) is 0 Å². The zero-order chi connectivity index (χ0) is 11.1. The van der Waals surface area contributed by atoms with Crippen LogP contribution in [-0.4, -0.2) is 32.0 Å². The van der Waals surface area contributed by atoms with Crippen LogP contribution >= 0.6 is 0 Å². The molecule has 1 N–H and O–H groups in total. The molecule has 1 rings (SSSR count). The third-order valence-electron chi connectivity index (χ3n) is 1.82. The van der Waals surface area contributed by atoms with E-state index in [0.29, 0.717) is 18.4 Å². The molecule has 0 aliphatic carbocycles. The molecule has 0 spiro atoms. The second-order valence-corrected chi connectivity index (χ2v) is 3.00. The van der Waals surface area contributed by atoms with Crippen LogP contribution in [-0.2, 0) is 9.53 Å². The number of carbonyl (C=O) groups excluding carboxylic acids is 2. The summed E-state index contributed by atoms with van der Waals surface area (Å²) >= 11 is 0. The van der Waals surface area contributed by atoms with Crippen molar-refractivity contribution in [1.29, 1.82) is 0 Å². The molecule has 1 aromatic carbocycles. The first kappa shape index (κ1) is 11.4. The van der Waals surface area contributed by atoms with E-state index in [-0.39, 0.29) is 0 Å².